The molecule has 0 amide bonds. The summed E-state index contributed by atoms with van der Waals surface area (Å²) in [6.45, 7) is 3.60. The summed E-state index contributed by atoms with van der Waals surface area (Å²) in [6.07, 6.45) is 1.56. The number of benzene rings is 2. The minimum Gasteiger partial charge on any atom is -0.298 e. The predicted octanol–water partition coefficient (Wildman–Crippen LogP) is 3.30. The molecule has 0 spiro atoms. The molecule has 2 aromatic carbocycles. The maximum absolute atomic E-state index is 10.8. The molecule has 0 aliphatic heterocycles. The first kappa shape index (κ1) is 13.8. The van der Waals surface area contributed by atoms with Crippen LogP contribution in [0.25, 0.3) is 0 Å². The molecular formula is C16H14O4. The third-order valence-electron chi connectivity index (χ3n) is 3.05. The van der Waals surface area contributed by atoms with Crippen molar-refractivity contribution in [2.75, 3.05) is 0 Å². The van der Waals surface area contributed by atoms with E-state index in [4.69, 9.17) is 9.78 Å². The first-order chi connectivity index (χ1) is 9.65. The lowest BCUT2D eigenvalue weighted by Gasteiger charge is -2.10. The van der Waals surface area contributed by atoms with Crippen molar-refractivity contribution in [1.82, 2.24) is 0 Å². The van der Waals surface area contributed by atoms with E-state index in [-0.39, 0.29) is 0 Å². The number of carbonyl (C=O) groups excluding carboxylic acids is 2. The first-order valence-electron chi connectivity index (χ1n) is 6.11. The summed E-state index contributed by atoms with van der Waals surface area (Å²) in [5.74, 6) is 0.968. The van der Waals surface area contributed by atoms with Gasteiger partial charge in [0.15, 0.2) is 11.5 Å². The zero-order valence-electron chi connectivity index (χ0n) is 11.3. The van der Waals surface area contributed by atoms with Crippen LogP contribution in [-0.2, 0) is 0 Å². The highest BCUT2D eigenvalue weighted by Crippen LogP contribution is 2.22. The molecule has 2 rings (SSSR count). The van der Waals surface area contributed by atoms with Crippen LogP contribution in [0.1, 0.15) is 31.8 Å². The van der Waals surface area contributed by atoms with Gasteiger partial charge in [0.1, 0.15) is 12.6 Å². The van der Waals surface area contributed by atoms with E-state index in [0.717, 1.165) is 18.1 Å². The van der Waals surface area contributed by atoms with Crippen molar-refractivity contribution in [2.24, 2.45) is 0 Å². The maximum atomic E-state index is 10.8. The summed E-state index contributed by atoms with van der Waals surface area (Å²) in [5.41, 5.74) is 2.68. The van der Waals surface area contributed by atoms with Crippen LogP contribution in [0, 0.1) is 13.8 Å². The highest BCUT2D eigenvalue weighted by molar-refractivity contribution is 5.78. The van der Waals surface area contributed by atoms with Gasteiger partial charge >= 0.3 is 0 Å². The minimum absolute atomic E-state index is 0.478. The van der Waals surface area contributed by atoms with Crippen molar-refractivity contribution in [1.29, 1.82) is 0 Å². The van der Waals surface area contributed by atoms with E-state index in [9.17, 15) is 9.59 Å². The molecule has 4 heteroatoms. The third kappa shape index (κ3) is 2.85. The van der Waals surface area contributed by atoms with Crippen molar-refractivity contribution in [3.8, 4) is 11.5 Å². The van der Waals surface area contributed by atoms with E-state index in [1.54, 1.807) is 43.3 Å². The van der Waals surface area contributed by atoms with E-state index in [1.807, 2.05) is 6.92 Å². The smallest absolute Gasteiger partial charge is 0.182 e. The molecule has 0 saturated heterocycles. The monoisotopic (exact) mass is 270 g/mol. The fourth-order valence-corrected chi connectivity index (χ4v) is 1.77. The lowest BCUT2D eigenvalue weighted by molar-refractivity contribution is -0.101. The molecule has 0 fully saturated rings. The maximum Gasteiger partial charge on any atom is 0.182 e. The van der Waals surface area contributed by atoms with E-state index >= 15 is 0 Å². The van der Waals surface area contributed by atoms with Gasteiger partial charge < -0.3 is 0 Å². The largest absolute Gasteiger partial charge is 0.298 e. The topological polar surface area (TPSA) is 52.6 Å². The molecule has 0 saturated carbocycles. The molecule has 0 atom stereocenters. The molecule has 2 aromatic rings. The average Bonchev–Trinajstić information content (AvgIpc) is 2.46. The zero-order valence-corrected chi connectivity index (χ0v) is 11.3. The van der Waals surface area contributed by atoms with Crippen molar-refractivity contribution in [3.05, 3.63) is 58.7 Å². The Kier molecular flexibility index (Phi) is 4.15. The third-order valence-corrected chi connectivity index (χ3v) is 3.05. The van der Waals surface area contributed by atoms with Gasteiger partial charge in [0.05, 0.1) is 0 Å². The van der Waals surface area contributed by atoms with E-state index in [1.165, 1.54) is 0 Å². The van der Waals surface area contributed by atoms with Gasteiger partial charge in [-0.3, -0.25) is 19.4 Å². The molecule has 0 heterocycles. The number of rotatable bonds is 5. The van der Waals surface area contributed by atoms with Crippen molar-refractivity contribution >= 4 is 12.6 Å². The lowest BCUT2D eigenvalue weighted by Crippen LogP contribution is -2.03. The normalized spacial score (nSPS) is 9.90. The molecule has 4 nitrogen and oxygen atoms in total. The number of hydrogen-bond donors (Lipinski definition) is 0. The van der Waals surface area contributed by atoms with Gasteiger partial charge in [-0.25, -0.2) is 0 Å². The molecule has 0 N–H and O–H groups in total. The Labute approximate surface area is 116 Å². The molecule has 20 heavy (non-hydrogen) atoms. The Morgan fingerprint density at radius 1 is 0.900 bits per heavy atom. The van der Waals surface area contributed by atoms with Gasteiger partial charge in [-0.2, -0.15) is 0 Å². The second kappa shape index (κ2) is 6.02. The van der Waals surface area contributed by atoms with Crippen LogP contribution in [0.3, 0.4) is 0 Å². The van der Waals surface area contributed by atoms with Crippen LogP contribution in [0.2, 0.25) is 0 Å². The van der Waals surface area contributed by atoms with Crippen LogP contribution >= 0.6 is 0 Å². The highest BCUT2D eigenvalue weighted by Gasteiger charge is 2.07. The SMILES string of the molecule is Cc1cc(OOc2cccc(C=O)c2C)ccc1C=O. The summed E-state index contributed by atoms with van der Waals surface area (Å²) >= 11 is 0. The molecule has 0 aliphatic carbocycles. The van der Waals surface area contributed by atoms with Gasteiger partial charge in [-0.05, 0) is 43.7 Å². The molecule has 0 aliphatic rings. The fourth-order valence-electron chi connectivity index (χ4n) is 1.77. The Morgan fingerprint density at radius 2 is 1.65 bits per heavy atom. The Balaban J connectivity index is 2.15. The van der Waals surface area contributed by atoms with E-state index < -0.39 is 0 Å². The Bertz CT molecular complexity index is 647. The summed E-state index contributed by atoms with van der Waals surface area (Å²) in [7, 11) is 0. The van der Waals surface area contributed by atoms with Gasteiger partial charge in [-0.1, -0.05) is 12.1 Å². The van der Waals surface area contributed by atoms with E-state index in [0.29, 0.717) is 28.2 Å². The molecule has 0 unspecified atom stereocenters. The summed E-state index contributed by atoms with van der Waals surface area (Å²) in [4.78, 5) is 32.0. The number of aryl methyl sites for hydroxylation is 1. The fraction of sp³-hybridized carbons (Fsp3) is 0.125. The molecule has 0 aromatic heterocycles. The van der Waals surface area contributed by atoms with Crippen LogP contribution in [0.15, 0.2) is 36.4 Å². The molecule has 0 bridgehead atoms. The van der Waals surface area contributed by atoms with Crippen molar-refractivity contribution in [3.63, 3.8) is 0 Å². The zero-order chi connectivity index (χ0) is 14.5. The molecule has 0 radical (unpaired) electrons. The number of aldehydes is 2. The van der Waals surface area contributed by atoms with Crippen LogP contribution in [0.4, 0.5) is 0 Å². The average molecular weight is 270 g/mol. The molecular weight excluding hydrogens is 256 g/mol. The quantitative estimate of drug-likeness (QED) is 0.475. The predicted molar refractivity (Wildman–Crippen MR) is 74.4 cm³/mol. The van der Waals surface area contributed by atoms with Crippen LogP contribution in [-0.4, -0.2) is 12.6 Å². The highest BCUT2D eigenvalue weighted by atomic mass is 17.2. The van der Waals surface area contributed by atoms with Crippen molar-refractivity contribution < 1.29 is 19.4 Å². The van der Waals surface area contributed by atoms with Gasteiger partial charge in [-0.15, -0.1) is 0 Å². The summed E-state index contributed by atoms with van der Waals surface area (Å²) in [6, 6.07) is 10.2. The number of carbonyl (C=O) groups is 2. The standard InChI is InChI=1S/C16H14O4/c1-11-8-15(7-6-13(11)9-17)19-20-16-5-3-4-14(10-18)12(16)2/h3-10H,1-2H3. The lowest BCUT2D eigenvalue weighted by atomic mass is 10.1. The Hall–Kier alpha value is -2.62. The van der Waals surface area contributed by atoms with Gasteiger partial charge in [0, 0.05) is 16.7 Å². The number of hydrogen-bond acceptors (Lipinski definition) is 4. The van der Waals surface area contributed by atoms with Crippen LogP contribution < -0.4 is 9.78 Å². The second-order valence-corrected chi connectivity index (χ2v) is 4.39. The minimum atomic E-state index is 0.478. The van der Waals surface area contributed by atoms with Crippen molar-refractivity contribution in [2.45, 2.75) is 13.8 Å². The second-order valence-electron chi connectivity index (χ2n) is 4.39. The first-order valence-corrected chi connectivity index (χ1v) is 6.11. The van der Waals surface area contributed by atoms with Gasteiger partial charge in [0.25, 0.3) is 0 Å². The van der Waals surface area contributed by atoms with E-state index in [2.05, 4.69) is 0 Å². The van der Waals surface area contributed by atoms with Crippen LogP contribution in [0.5, 0.6) is 11.5 Å². The Morgan fingerprint density at radius 3 is 2.30 bits per heavy atom. The molecule has 102 valence electrons. The summed E-state index contributed by atoms with van der Waals surface area (Å²) < 4.78 is 0. The van der Waals surface area contributed by atoms with Gasteiger partial charge in [0.2, 0.25) is 0 Å². The summed E-state index contributed by atoms with van der Waals surface area (Å²) in [5, 5.41) is 0.